The van der Waals surface area contributed by atoms with Crippen molar-refractivity contribution >= 4 is 17.1 Å². The van der Waals surface area contributed by atoms with E-state index in [9.17, 15) is 9.00 Å². The molecular formula is C19H38N2O3S. The van der Waals surface area contributed by atoms with Crippen molar-refractivity contribution in [3.63, 3.8) is 0 Å². The predicted octanol–water partition coefficient (Wildman–Crippen LogP) is 4.24. The second-order valence-electron chi connectivity index (χ2n) is 9.05. The molecule has 0 bridgehead atoms. The van der Waals surface area contributed by atoms with Crippen molar-refractivity contribution in [1.82, 2.24) is 9.62 Å². The molecule has 0 saturated carbocycles. The first-order chi connectivity index (χ1) is 11.4. The number of ether oxygens (including phenoxy) is 1. The fourth-order valence-corrected chi connectivity index (χ4v) is 3.88. The minimum absolute atomic E-state index is 0.220. The summed E-state index contributed by atoms with van der Waals surface area (Å²) in [5.41, 5.74) is -0.456. The number of unbranched alkanes of at least 4 members (excludes halogenated alkanes) is 1. The van der Waals surface area contributed by atoms with Crippen LogP contribution in [-0.4, -0.2) is 44.7 Å². The molecule has 148 valence electrons. The Hall–Kier alpha value is -0.620. The van der Waals surface area contributed by atoms with Crippen LogP contribution >= 0.6 is 0 Å². The van der Waals surface area contributed by atoms with Crippen LogP contribution in [0.25, 0.3) is 0 Å². The van der Waals surface area contributed by atoms with Crippen molar-refractivity contribution in [2.24, 2.45) is 5.92 Å². The van der Waals surface area contributed by atoms with Gasteiger partial charge in [-0.15, -0.1) is 0 Å². The molecule has 1 fully saturated rings. The highest BCUT2D eigenvalue weighted by Crippen LogP contribution is 2.26. The second kappa shape index (κ2) is 9.36. The van der Waals surface area contributed by atoms with Gasteiger partial charge in [-0.3, -0.25) is 0 Å². The van der Waals surface area contributed by atoms with Gasteiger partial charge >= 0.3 is 6.09 Å². The molecule has 1 saturated heterocycles. The van der Waals surface area contributed by atoms with Gasteiger partial charge in [0, 0.05) is 19.1 Å². The van der Waals surface area contributed by atoms with Gasteiger partial charge in [-0.25, -0.2) is 13.7 Å². The normalized spacial score (nSPS) is 19.6. The molecule has 1 heterocycles. The summed E-state index contributed by atoms with van der Waals surface area (Å²) in [6.07, 6.45) is 4.95. The molecule has 1 aliphatic heterocycles. The summed E-state index contributed by atoms with van der Waals surface area (Å²) in [5, 5.41) is 0. The Kier molecular flexibility index (Phi) is 8.39. The van der Waals surface area contributed by atoms with Gasteiger partial charge in [0.1, 0.15) is 5.60 Å². The topological polar surface area (TPSA) is 58.6 Å². The van der Waals surface area contributed by atoms with Crippen LogP contribution in [0.15, 0.2) is 0 Å². The third-order valence-corrected chi connectivity index (χ3v) is 6.07. The maximum absolute atomic E-state index is 12.5. The van der Waals surface area contributed by atoms with Crippen LogP contribution in [0.4, 0.5) is 4.79 Å². The molecule has 1 rings (SSSR count). The van der Waals surface area contributed by atoms with E-state index in [2.05, 4.69) is 11.6 Å². The lowest BCUT2D eigenvalue weighted by molar-refractivity contribution is 0.0171. The Bertz CT molecular complexity index is 447. The van der Waals surface area contributed by atoms with Gasteiger partial charge in [0.05, 0.1) is 15.7 Å². The van der Waals surface area contributed by atoms with E-state index in [1.54, 1.807) is 4.90 Å². The van der Waals surface area contributed by atoms with Crippen LogP contribution in [0.1, 0.15) is 80.6 Å². The lowest BCUT2D eigenvalue weighted by Crippen LogP contribution is -2.48. The van der Waals surface area contributed by atoms with Crippen LogP contribution in [0.2, 0.25) is 0 Å². The maximum Gasteiger partial charge on any atom is 0.410 e. The SMILES string of the molecule is CCCC[C@@H](N[S@@](=O)C(C)(C)C)C1CCN(C(=O)OC(C)(C)C)CC1. The fraction of sp³-hybridized carbons (Fsp3) is 0.947. The molecule has 5 nitrogen and oxygen atoms in total. The number of amides is 1. The summed E-state index contributed by atoms with van der Waals surface area (Å²) in [6, 6.07) is 0.251. The Morgan fingerprint density at radius 2 is 1.76 bits per heavy atom. The van der Waals surface area contributed by atoms with Crippen molar-refractivity contribution in [2.75, 3.05) is 13.1 Å². The molecular weight excluding hydrogens is 336 g/mol. The predicted molar refractivity (Wildman–Crippen MR) is 105 cm³/mol. The van der Waals surface area contributed by atoms with Crippen LogP contribution in [0.5, 0.6) is 0 Å². The smallest absolute Gasteiger partial charge is 0.410 e. The van der Waals surface area contributed by atoms with E-state index in [0.717, 1.165) is 32.1 Å². The Balaban J connectivity index is 2.62. The molecule has 2 atom stereocenters. The highest BCUT2D eigenvalue weighted by atomic mass is 32.2. The first kappa shape index (κ1) is 22.4. The third-order valence-electron chi connectivity index (χ3n) is 4.44. The Morgan fingerprint density at radius 3 is 2.20 bits per heavy atom. The third kappa shape index (κ3) is 8.07. The number of likely N-dealkylation sites (tertiary alicyclic amines) is 1. The summed E-state index contributed by atoms with van der Waals surface area (Å²) in [6.45, 7) is 15.3. The van der Waals surface area contributed by atoms with Crippen LogP contribution in [0.3, 0.4) is 0 Å². The number of nitrogens with zero attached hydrogens (tertiary/aromatic N) is 1. The van der Waals surface area contributed by atoms with Gasteiger partial charge in [-0.05, 0) is 66.7 Å². The van der Waals surface area contributed by atoms with Crippen molar-refractivity contribution in [3.8, 4) is 0 Å². The van der Waals surface area contributed by atoms with E-state index in [4.69, 9.17) is 4.74 Å². The molecule has 0 aromatic carbocycles. The molecule has 0 aliphatic carbocycles. The summed E-state index contributed by atoms with van der Waals surface area (Å²) >= 11 is 0. The molecule has 0 radical (unpaired) electrons. The molecule has 1 amide bonds. The van der Waals surface area contributed by atoms with E-state index in [0.29, 0.717) is 19.0 Å². The zero-order valence-electron chi connectivity index (χ0n) is 17.2. The van der Waals surface area contributed by atoms with Gasteiger partial charge in [-0.1, -0.05) is 19.8 Å². The average molecular weight is 375 g/mol. The summed E-state index contributed by atoms with van der Waals surface area (Å²) in [5.74, 6) is 0.455. The molecule has 0 unspecified atom stereocenters. The molecule has 0 aromatic rings. The van der Waals surface area contributed by atoms with E-state index in [-0.39, 0.29) is 16.9 Å². The molecule has 0 spiro atoms. The molecule has 1 aliphatic rings. The van der Waals surface area contributed by atoms with Gasteiger partial charge < -0.3 is 9.64 Å². The van der Waals surface area contributed by atoms with Crippen LogP contribution in [0, 0.1) is 5.92 Å². The standard InChI is InChI=1S/C19H38N2O3S/c1-8-9-10-16(20-25(23)19(5,6)7)15-11-13-21(14-12-15)17(22)24-18(2,3)4/h15-16,20H,8-14H2,1-7H3/t16-,25+/m1/s1. The Morgan fingerprint density at radius 1 is 1.20 bits per heavy atom. The zero-order chi connectivity index (χ0) is 19.3. The lowest BCUT2D eigenvalue weighted by Gasteiger charge is -2.37. The molecule has 0 aromatic heterocycles. The zero-order valence-corrected chi connectivity index (χ0v) is 18.0. The number of carbonyl (C=O) groups excluding carboxylic acids is 1. The second-order valence-corrected chi connectivity index (χ2v) is 11.1. The maximum atomic E-state index is 12.5. The number of hydrogen-bond acceptors (Lipinski definition) is 3. The van der Waals surface area contributed by atoms with Crippen LogP contribution < -0.4 is 4.72 Å². The Labute approximate surface area is 156 Å². The summed E-state index contributed by atoms with van der Waals surface area (Å²) in [4.78, 5) is 14.0. The molecule has 1 N–H and O–H groups in total. The summed E-state index contributed by atoms with van der Waals surface area (Å²) in [7, 11) is -1.06. The number of hydrogen-bond donors (Lipinski definition) is 1. The van der Waals surface area contributed by atoms with Gasteiger partial charge in [0.25, 0.3) is 0 Å². The fourth-order valence-electron chi connectivity index (χ4n) is 2.94. The van der Waals surface area contributed by atoms with E-state index in [1.165, 1.54) is 0 Å². The average Bonchev–Trinajstić information content (AvgIpc) is 2.48. The van der Waals surface area contributed by atoms with Gasteiger partial charge in [0.15, 0.2) is 0 Å². The van der Waals surface area contributed by atoms with E-state index in [1.807, 2.05) is 41.5 Å². The highest BCUT2D eigenvalue weighted by Gasteiger charge is 2.32. The van der Waals surface area contributed by atoms with E-state index < -0.39 is 16.6 Å². The number of piperidine rings is 1. The highest BCUT2D eigenvalue weighted by molar-refractivity contribution is 7.84. The van der Waals surface area contributed by atoms with Crippen molar-refractivity contribution in [2.45, 2.75) is 97.0 Å². The number of rotatable bonds is 6. The lowest BCUT2D eigenvalue weighted by atomic mass is 9.87. The molecule has 6 heteroatoms. The quantitative estimate of drug-likeness (QED) is 0.756. The monoisotopic (exact) mass is 374 g/mol. The largest absolute Gasteiger partial charge is 0.444 e. The first-order valence-electron chi connectivity index (χ1n) is 9.60. The van der Waals surface area contributed by atoms with Crippen molar-refractivity contribution in [1.29, 1.82) is 0 Å². The number of nitrogens with one attached hydrogen (secondary N) is 1. The first-order valence-corrected chi connectivity index (χ1v) is 10.7. The minimum atomic E-state index is -1.06. The molecule has 25 heavy (non-hydrogen) atoms. The van der Waals surface area contributed by atoms with Crippen molar-refractivity contribution in [3.05, 3.63) is 0 Å². The van der Waals surface area contributed by atoms with Crippen molar-refractivity contribution < 1.29 is 13.7 Å². The summed E-state index contributed by atoms with van der Waals surface area (Å²) < 4.78 is 21.1. The van der Waals surface area contributed by atoms with E-state index >= 15 is 0 Å². The minimum Gasteiger partial charge on any atom is -0.444 e. The number of carbonyl (C=O) groups is 1. The van der Waals surface area contributed by atoms with Gasteiger partial charge in [0.2, 0.25) is 0 Å². The van der Waals surface area contributed by atoms with Gasteiger partial charge in [-0.2, -0.15) is 0 Å². The van der Waals surface area contributed by atoms with Crippen LogP contribution in [-0.2, 0) is 15.7 Å².